The highest BCUT2D eigenvalue weighted by molar-refractivity contribution is 5.01. The molecule has 118 valence electrons. The lowest BCUT2D eigenvalue weighted by Gasteiger charge is -2.50. The van der Waals surface area contributed by atoms with Crippen molar-refractivity contribution in [3.05, 3.63) is 12.2 Å². The molecular weight excluding hydrogens is 262 g/mol. The van der Waals surface area contributed by atoms with Gasteiger partial charge in [-0.3, -0.25) is 9.58 Å². The SMILES string of the molecule is CC(C)C1CNC2(CCCCC2)CN1Cc1ncnn1C. The fourth-order valence-corrected chi connectivity index (χ4v) is 4.05. The first-order chi connectivity index (χ1) is 10.1. The third-order valence-corrected chi connectivity index (χ3v) is 5.39. The van der Waals surface area contributed by atoms with Crippen molar-refractivity contribution in [2.45, 2.75) is 64.1 Å². The first-order valence-corrected chi connectivity index (χ1v) is 8.42. The molecule has 1 N–H and O–H groups in total. The number of nitrogens with one attached hydrogen (secondary N) is 1. The number of hydrogen-bond acceptors (Lipinski definition) is 4. The molecule has 0 aromatic carbocycles. The fourth-order valence-electron chi connectivity index (χ4n) is 4.05. The average molecular weight is 291 g/mol. The van der Waals surface area contributed by atoms with E-state index >= 15 is 0 Å². The van der Waals surface area contributed by atoms with E-state index in [1.54, 1.807) is 6.33 Å². The third kappa shape index (κ3) is 3.14. The Balaban J connectivity index is 1.76. The summed E-state index contributed by atoms with van der Waals surface area (Å²) in [5.74, 6) is 1.74. The molecule has 1 aromatic rings. The minimum Gasteiger partial charge on any atom is -0.308 e. The van der Waals surface area contributed by atoms with E-state index in [-0.39, 0.29) is 0 Å². The van der Waals surface area contributed by atoms with E-state index in [1.807, 2.05) is 11.7 Å². The maximum Gasteiger partial charge on any atom is 0.140 e. The van der Waals surface area contributed by atoms with E-state index in [9.17, 15) is 0 Å². The van der Waals surface area contributed by atoms with E-state index in [2.05, 4.69) is 34.1 Å². The molecule has 1 aromatic heterocycles. The van der Waals surface area contributed by atoms with Crippen LogP contribution in [0.3, 0.4) is 0 Å². The molecule has 1 unspecified atom stereocenters. The van der Waals surface area contributed by atoms with Gasteiger partial charge in [-0.05, 0) is 18.8 Å². The summed E-state index contributed by atoms with van der Waals surface area (Å²) in [5, 5.41) is 8.12. The summed E-state index contributed by atoms with van der Waals surface area (Å²) in [4.78, 5) is 7.08. The van der Waals surface area contributed by atoms with Crippen LogP contribution in [0.2, 0.25) is 0 Å². The summed E-state index contributed by atoms with van der Waals surface area (Å²) in [6, 6.07) is 0.592. The summed E-state index contributed by atoms with van der Waals surface area (Å²) in [5.41, 5.74) is 0.349. The minimum atomic E-state index is 0.349. The Labute approximate surface area is 128 Å². The van der Waals surface area contributed by atoms with Gasteiger partial charge < -0.3 is 5.32 Å². The van der Waals surface area contributed by atoms with Gasteiger partial charge in [0.25, 0.3) is 0 Å². The van der Waals surface area contributed by atoms with Crippen LogP contribution in [0.4, 0.5) is 0 Å². The number of rotatable bonds is 3. The maximum atomic E-state index is 4.43. The molecule has 1 aliphatic heterocycles. The van der Waals surface area contributed by atoms with Crippen LogP contribution < -0.4 is 5.32 Å². The zero-order valence-corrected chi connectivity index (χ0v) is 13.7. The van der Waals surface area contributed by atoms with E-state index in [0.29, 0.717) is 17.5 Å². The zero-order chi connectivity index (χ0) is 14.9. The molecule has 21 heavy (non-hydrogen) atoms. The van der Waals surface area contributed by atoms with E-state index in [4.69, 9.17) is 0 Å². The highest BCUT2D eigenvalue weighted by atomic mass is 15.3. The molecule has 5 nitrogen and oxygen atoms in total. The quantitative estimate of drug-likeness (QED) is 0.924. The van der Waals surface area contributed by atoms with Gasteiger partial charge in [0.05, 0.1) is 6.54 Å². The third-order valence-electron chi connectivity index (χ3n) is 5.39. The molecule has 1 saturated carbocycles. The largest absolute Gasteiger partial charge is 0.308 e. The van der Waals surface area contributed by atoms with Gasteiger partial charge in [0.15, 0.2) is 0 Å². The summed E-state index contributed by atoms with van der Waals surface area (Å²) in [6.45, 7) is 7.84. The van der Waals surface area contributed by atoms with Gasteiger partial charge in [0.2, 0.25) is 0 Å². The van der Waals surface area contributed by atoms with Gasteiger partial charge in [0, 0.05) is 31.7 Å². The molecule has 2 fully saturated rings. The van der Waals surface area contributed by atoms with Crippen molar-refractivity contribution in [1.29, 1.82) is 0 Å². The summed E-state index contributed by atoms with van der Waals surface area (Å²) < 4.78 is 1.91. The van der Waals surface area contributed by atoms with Gasteiger partial charge in [0.1, 0.15) is 12.2 Å². The summed E-state index contributed by atoms with van der Waals surface area (Å²) in [7, 11) is 1.99. The Morgan fingerprint density at radius 3 is 2.71 bits per heavy atom. The molecule has 3 rings (SSSR count). The molecule has 2 aliphatic rings. The topological polar surface area (TPSA) is 46.0 Å². The monoisotopic (exact) mass is 291 g/mol. The van der Waals surface area contributed by atoms with Crippen LogP contribution in [0, 0.1) is 5.92 Å². The molecule has 1 saturated heterocycles. The van der Waals surface area contributed by atoms with Crippen LogP contribution in [0.25, 0.3) is 0 Å². The number of nitrogens with zero attached hydrogens (tertiary/aromatic N) is 4. The molecule has 0 radical (unpaired) electrons. The van der Waals surface area contributed by atoms with Gasteiger partial charge in [-0.15, -0.1) is 0 Å². The normalized spacial score (nSPS) is 26.6. The van der Waals surface area contributed by atoms with Crippen molar-refractivity contribution < 1.29 is 0 Å². The van der Waals surface area contributed by atoms with E-state index in [1.165, 1.54) is 32.1 Å². The smallest absolute Gasteiger partial charge is 0.140 e. The molecule has 1 atom stereocenters. The lowest BCUT2D eigenvalue weighted by Crippen LogP contribution is -2.65. The number of aryl methyl sites for hydroxylation is 1. The summed E-state index contributed by atoms with van der Waals surface area (Å²) >= 11 is 0. The Kier molecular flexibility index (Phi) is 4.31. The van der Waals surface area contributed by atoms with E-state index < -0.39 is 0 Å². The Bertz CT molecular complexity index is 461. The van der Waals surface area contributed by atoms with Crippen LogP contribution in [0.1, 0.15) is 51.8 Å². The van der Waals surface area contributed by atoms with E-state index in [0.717, 1.165) is 25.5 Å². The van der Waals surface area contributed by atoms with Crippen LogP contribution in [0.5, 0.6) is 0 Å². The second-order valence-electron chi connectivity index (χ2n) is 7.24. The molecule has 5 heteroatoms. The van der Waals surface area contributed by atoms with Gasteiger partial charge >= 0.3 is 0 Å². The van der Waals surface area contributed by atoms with Crippen molar-refractivity contribution in [3.8, 4) is 0 Å². The number of aromatic nitrogens is 3. The van der Waals surface area contributed by atoms with Crippen LogP contribution in [0.15, 0.2) is 6.33 Å². The second-order valence-corrected chi connectivity index (χ2v) is 7.24. The van der Waals surface area contributed by atoms with Crippen molar-refractivity contribution in [2.24, 2.45) is 13.0 Å². The molecule has 2 heterocycles. The Morgan fingerprint density at radius 2 is 2.10 bits per heavy atom. The molecule has 0 bridgehead atoms. The van der Waals surface area contributed by atoms with Crippen molar-refractivity contribution >= 4 is 0 Å². The number of piperazine rings is 1. The molecule has 1 spiro atoms. The maximum absolute atomic E-state index is 4.43. The number of hydrogen-bond donors (Lipinski definition) is 1. The Morgan fingerprint density at radius 1 is 1.33 bits per heavy atom. The first kappa shape index (κ1) is 15.0. The standard InChI is InChI=1S/C16H29N5/c1-13(2)14-9-18-16(7-5-4-6-8-16)11-21(14)10-15-17-12-19-20(15)3/h12-14,18H,4-11H2,1-3H3. The highest BCUT2D eigenvalue weighted by Gasteiger charge is 2.40. The minimum absolute atomic E-state index is 0.349. The predicted octanol–water partition coefficient (Wildman–Crippen LogP) is 1.95. The highest BCUT2D eigenvalue weighted by Crippen LogP contribution is 2.33. The van der Waals surface area contributed by atoms with Crippen LogP contribution in [-0.2, 0) is 13.6 Å². The van der Waals surface area contributed by atoms with Crippen molar-refractivity contribution in [1.82, 2.24) is 25.0 Å². The average Bonchev–Trinajstić information content (AvgIpc) is 2.85. The van der Waals surface area contributed by atoms with Crippen LogP contribution >= 0.6 is 0 Å². The predicted molar refractivity (Wildman–Crippen MR) is 83.9 cm³/mol. The fraction of sp³-hybridized carbons (Fsp3) is 0.875. The van der Waals surface area contributed by atoms with Gasteiger partial charge in [-0.1, -0.05) is 33.1 Å². The second kappa shape index (κ2) is 6.05. The van der Waals surface area contributed by atoms with Crippen molar-refractivity contribution in [3.63, 3.8) is 0 Å². The lowest BCUT2D eigenvalue weighted by atomic mass is 9.78. The Hall–Kier alpha value is -0.940. The molecule has 0 amide bonds. The van der Waals surface area contributed by atoms with Gasteiger partial charge in [-0.2, -0.15) is 5.10 Å². The molecule has 1 aliphatic carbocycles. The first-order valence-electron chi connectivity index (χ1n) is 8.42. The van der Waals surface area contributed by atoms with Crippen molar-refractivity contribution in [2.75, 3.05) is 13.1 Å². The zero-order valence-electron chi connectivity index (χ0n) is 13.7. The lowest BCUT2D eigenvalue weighted by molar-refractivity contribution is 0.0285. The van der Waals surface area contributed by atoms with Crippen LogP contribution in [-0.4, -0.2) is 44.3 Å². The summed E-state index contributed by atoms with van der Waals surface area (Å²) in [6.07, 6.45) is 8.47. The van der Waals surface area contributed by atoms with Gasteiger partial charge in [-0.25, -0.2) is 4.98 Å². The molecular formula is C16H29N5.